The summed E-state index contributed by atoms with van der Waals surface area (Å²) in [6, 6.07) is 29.4. The maximum Gasteiger partial charge on any atom is 0.272 e. The van der Waals surface area contributed by atoms with Crippen molar-refractivity contribution in [1.29, 1.82) is 0 Å². The number of halogens is 2. The van der Waals surface area contributed by atoms with Gasteiger partial charge in [0.25, 0.3) is 11.8 Å². The van der Waals surface area contributed by atoms with Crippen LogP contribution in [0.2, 0.25) is 0 Å². The number of hydrazone groups is 1. The Bertz CT molecular complexity index is 2310. The highest BCUT2D eigenvalue weighted by Gasteiger charge is 2.35. The van der Waals surface area contributed by atoms with Crippen LogP contribution in [-0.4, -0.2) is 44.6 Å². The van der Waals surface area contributed by atoms with Crippen molar-refractivity contribution in [2.75, 3.05) is 10.6 Å². The Morgan fingerprint density at radius 2 is 1.49 bits per heavy atom. The summed E-state index contributed by atoms with van der Waals surface area (Å²) in [6.45, 7) is 0. The number of aliphatic imine (C=N–C) groups is 1. The van der Waals surface area contributed by atoms with E-state index in [-0.39, 0.29) is 32.2 Å². The molecule has 1 aliphatic carbocycles. The van der Waals surface area contributed by atoms with Gasteiger partial charge in [0.05, 0.1) is 21.4 Å². The number of hydrogen-bond donors (Lipinski definition) is 7. The summed E-state index contributed by atoms with van der Waals surface area (Å²) in [5.41, 5.74) is 12.1. The maximum absolute atomic E-state index is 13.5. The van der Waals surface area contributed by atoms with Crippen LogP contribution in [0.1, 0.15) is 47.9 Å². The van der Waals surface area contributed by atoms with Crippen LogP contribution in [0, 0.1) is 0 Å². The van der Waals surface area contributed by atoms with Gasteiger partial charge in [-0.3, -0.25) is 20.4 Å². The highest BCUT2D eigenvalue weighted by atomic mass is 79.9. The molecular weight excluding hydrogens is 866 g/mol. The van der Waals surface area contributed by atoms with E-state index in [0.717, 1.165) is 48.4 Å². The number of carbonyl (C=O) groups excluding carboxylic acids is 2. The number of amides is 2. The van der Waals surface area contributed by atoms with E-state index >= 15 is 0 Å². The van der Waals surface area contributed by atoms with Gasteiger partial charge in [-0.05, 0) is 133 Å². The highest BCUT2D eigenvalue weighted by molar-refractivity contribution is 9.11. The summed E-state index contributed by atoms with van der Waals surface area (Å²) in [5, 5.41) is 34.9. The predicted octanol–water partition coefficient (Wildman–Crippen LogP) is 8.19. The molecule has 0 heterocycles. The van der Waals surface area contributed by atoms with E-state index in [1.165, 1.54) is 23.4 Å². The minimum atomic E-state index is -1.47. The van der Waals surface area contributed by atoms with Gasteiger partial charge in [-0.2, -0.15) is 5.10 Å². The molecule has 1 unspecified atom stereocenters. The predicted molar refractivity (Wildman–Crippen MR) is 231 cm³/mol. The molecular formula is C40H35Br2N7O4S2. The Labute approximate surface area is 345 Å². The molecule has 5 aromatic carbocycles. The van der Waals surface area contributed by atoms with Crippen molar-refractivity contribution in [3.63, 3.8) is 0 Å². The van der Waals surface area contributed by atoms with E-state index in [1.807, 2.05) is 60.7 Å². The van der Waals surface area contributed by atoms with Gasteiger partial charge in [-0.25, -0.2) is 10.4 Å². The monoisotopic (exact) mass is 899 g/mol. The first kappa shape index (κ1) is 39.5. The molecule has 0 aromatic heterocycles. The summed E-state index contributed by atoms with van der Waals surface area (Å²) in [4.78, 5) is 31.4. The molecule has 6 rings (SSSR count). The fourth-order valence-corrected chi connectivity index (χ4v) is 7.88. The smallest absolute Gasteiger partial charge is 0.272 e. The van der Waals surface area contributed by atoms with Crippen molar-refractivity contribution in [3.05, 3.63) is 128 Å². The lowest BCUT2D eigenvalue weighted by molar-refractivity contribution is -0.130. The third kappa shape index (κ3) is 9.74. The Hall–Kier alpha value is -5.18. The molecule has 2 amide bonds. The summed E-state index contributed by atoms with van der Waals surface area (Å²) in [7, 11) is 0. The van der Waals surface area contributed by atoms with E-state index < -0.39 is 17.9 Å². The average Bonchev–Trinajstić information content (AvgIpc) is 3.68. The first-order valence-corrected chi connectivity index (χ1v) is 19.6. The zero-order valence-electron chi connectivity index (χ0n) is 29.1. The molecule has 55 heavy (non-hydrogen) atoms. The van der Waals surface area contributed by atoms with Crippen LogP contribution >= 0.6 is 56.3 Å². The van der Waals surface area contributed by atoms with Crippen molar-refractivity contribution >= 4 is 107 Å². The van der Waals surface area contributed by atoms with Gasteiger partial charge in [0.1, 0.15) is 16.0 Å². The average molecular weight is 902 g/mol. The van der Waals surface area contributed by atoms with Gasteiger partial charge in [-0.1, -0.05) is 79.6 Å². The fourth-order valence-electron chi connectivity index (χ4n) is 6.38. The second-order valence-corrected chi connectivity index (χ2v) is 15.2. The molecule has 0 spiro atoms. The number of rotatable bonds is 11. The summed E-state index contributed by atoms with van der Waals surface area (Å²) in [6.07, 6.45) is 6.18. The van der Waals surface area contributed by atoms with Crippen LogP contribution < -0.4 is 26.9 Å². The van der Waals surface area contributed by atoms with Gasteiger partial charge < -0.3 is 20.8 Å². The summed E-state index contributed by atoms with van der Waals surface area (Å²) in [5.74, 6) is -2.04. The minimum Gasteiger partial charge on any atom is -0.506 e. The van der Waals surface area contributed by atoms with Crippen LogP contribution in [0.5, 0.6) is 11.5 Å². The first-order valence-electron chi connectivity index (χ1n) is 17.2. The number of benzene rings is 5. The second kappa shape index (κ2) is 18.0. The maximum atomic E-state index is 13.5. The number of fused-ring (bicyclic) bond motifs is 1. The van der Waals surface area contributed by atoms with Gasteiger partial charge in [0, 0.05) is 16.9 Å². The fraction of sp³-hybridized carbons (Fsp3) is 0.175. The largest absolute Gasteiger partial charge is 0.506 e. The number of hydrazine groups is 1. The van der Waals surface area contributed by atoms with Crippen LogP contribution in [-0.2, 0) is 21.5 Å². The van der Waals surface area contributed by atoms with Crippen LogP contribution in [0.15, 0.2) is 116 Å². The Balaban J connectivity index is 1.07. The minimum absolute atomic E-state index is 0.0457. The van der Waals surface area contributed by atoms with Crippen LogP contribution in [0.3, 0.4) is 0 Å². The number of phenolic OH excluding ortho intramolecular Hbond substituents is 2. The zero-order valence-corrected chi connectivity index (χ0v) is 33.9. The van der Waals surface area contributed by atoms with Crippen molar-refractivity contribution in [1.82, 2.24) is 16.3 Å². The number of phenols is 2. The van der Waals surface area contributed by atoms with Gasteiger partial charge >= 0.3 is 0 Å². The SMILES string of the molecule is O=C(N/N=C/c1cc(Br)c(O)c(Br)c1O)C(Nc1ccc2ccccc2c1)C(=O)NNC(=S)Nc1ccc(Cc2ccc(C3(N=C=S)CCCC3)cc2)cc1. The van der Waals surface area contributed by atoms with Crippen molar-refractivity contribution in [2.24, 2.45) is 10.1 Å². The Kier molecular flexibility index (Phi) is 12.9. The normalized spacial score (nSPS) is 13.8. The number of anilines is 2. The van der Waals surface area contributed by atoms with Crippen LogP contribution in [0.4, 0.5) is 11.4 Å². The number of aromatic hydroxyl groups is 2. The molecule has 1 atom stereocenters. The van der Waals surface area contributed by atoms with Gasteiger partial charge in [-0.15, -0.1) is 0 Å². The molecule has 1 saturated carbocycles. The van der Waals surface area contributed by atoms with Gasteiger partial charge in [0.15, 0.2) is 11.2 Å². The van der Waals surface area contributed by atoms with E-state index in [2.05, 4.69) is 98.3 Å². The molecule has 280 valence electrons. The Morgan fingerprint density at radius 3 is 2.18 bits per heavy atom. The molecule has 1 aliphatic rings. The standard InChI is InChI=1S/C40H35Br2N7O4S2/c41-32-21-28(35(50)33(42)36(32)51)22-44-47-37(52)34(45-31-16-11-26-5-1-2-6-27(26)20-31)38(53)48-49-39(55)46-30-14-9-25(10-15-30)19-24-7-12-29(13-8-24)40(43-23-54)17-3-4-18-40/h1-2,5-16,20-22,34,45,50-51H,3-4,17-19H2,(H,47,52)(H,48,53)(H2,46,49,55)/b44-22+. The first-order chi connectivity index (χ1) is 26.5. The molecule has 0 aliphatic heterocycles. The lowest BCUT2D eigenvalue weighted by Gasteiger charge is -2.23. The number of thiocarbonyl (C=S) groups is 2. The highest BCUT2D eigenvalue weighted by Crippen LogP contribution is 2.42. The number of nitrogens with one attached hydrogen (secondary N) is 5. The summed E-state index contributed by atoms with van der Waals surface area (Å²) < 4.78 is 0.337. The summed E-state index contributed by atoms with van der Waals surface area (Å²) >= 11 is 16.7. The van der Waals surface area contributed by atoms with Crippen molar-refractivity contribution in [2.45, 2.75) is 43.7 Å². The number of hydrogen-bond acceptors (Lipinski definition) is 9. The van der Waals surface area contributed by atoms with Crippen molar-refractivity contribution in [3.8, 4) is 11.5 Å². The van der Waals surface area contributed by atoms with E-state index in [1.54, 1.807) is 6.07 Å². The Morgan fingerprint density at radius 1 is 0.836 bits per heavy atom. The molecule has 0 bridgehead atoms. The van der Waals surface area contributed by atoms with E-state index in [0.29, 0.717) is 15.8 Å². The molecule has 15 heteroatoms. The third-order valence-electron chi connectivity index (χ3n) is 9.26. The second-order valence-electron chi connectivity index (χ2n) is 12.9. The number of isothiocyanates is 1. The molecule has 0 radical (unpaired) electrons. The molecule has 7 N–H and O–H groups in total. The molecule has 1 fully saturated rings. The van der Waals surface area contributed by atoms with E-state index in [4.69, 9.17) is 24.4 Å². The molecule has 11 nitrogen and oxygen atoms in total. The van der Waals surface area contributed by atoms with Crippen molar-refractivity contribution < 1.29 is 19.8 Å². The number of nitrogens with zero attached hydrogens (tertiary/aromatic N) is 2. The van der Waals surface area contributed by atoms with E-state index in [9.17, 15) is 19.8 Å². The zero-order chi connectivity index (χ0) is 39.0. The lowest BCUT2D eigenvalue weighted by Crippen LogP contribution is -2.54. The third-order valence-corrected chi connectivity index (χ3v) is 10.9. The lowest BCUT2D eigenvalue weighted by atomic mass is 9.88. The molecule has 0 saturated heterocycles. The quantitative estimate of drug-likeness (QED) is 0.0301. The topological polar surface area (TPSA) is 159 Å². The molecule has 5 aromatic rings. The van der Waals surface area contributed by atoms with Crippen LogP contribution in [0.25, 0.3) is 10.8 Å². The van der Waals surface area contributed by atoms with Gasteiger partial charge in [0.2, 0.25) is 0 Å². The number of carbonyl (C=O) groups is 2.